The maximum absolute atomic E-state index is 3.75. The quantitative estimate of drug-likeness (QED) is 0.508. The van der Waals surface area contributed by atoms with Crippen LogP contribution in [0, 0.1) is 12.0 Å². The van der Waals surface area contributed by atoms with Crippen LogP contribution in [0.5, 0.6) is 0 Å². The van der Waals surface area contributed by atoms with Crippen molar-refractivity contribution in [3.63, 3.8) is 0 Å². The van der Waals surface area contributed by atoms with Crippen LogP contribution in [0.4, 0.5) is 0 Å². The zero-order valence-electron chi connectivity index (χ0n) is 20.7. The molecule has 0 bridgehead atoms. The van der Waals surface area contributed by atoms with Crippen LogP contribution in [0.2, 0.25) is 0 Å². The molecular weight excluding hydrogens is 510 g/mol. The van der Waals surface area contributed by atoms with Crippen molar-refractivity contribution in [2.24, 2.45) is 5.92 Å². The molecule has 0 spiro atoms. The Balaban J connectivity index is 0.00000171. The third-order valence-electron chi connectivity index (χ3n) is 6.58. The molecule has 0 fully saturated rings. The Morgan fingerprint density at radius 2 is 1.22 bits per heavy atom. The summed E-state index contributed by atoms with van der Waals surface area (Å²) in [4.78, 5) is 0. The molecule has 0 aromatic heterocycles. The first-order valence-corrected chi connectivity index (χ1v) is 11.1. The number of halogens is 2. The van der Waals surface area contributed by atoms with E-state index in [-0.39, 0.29) is 61.8 Å². The van der Waals surface area contributed by atoms with E-state index in [4.69, 9.17) is 0 Å². The van der Waals surface area contributed by atoms with Crippen molar-refractivity contribution in [3.05, 3.63) is 82.0 Å². The van der Waals surface area contributed by atoms with E-state index in [1.165, 1.54) is 44.5 Å². The Labute approximate surface area is 227 Å². The molecule has 0 N–H and O–H groups in total. The van der Waals surface area contributed by atoms with Crippen molar-refractivity contribution in [1.82, 2.24) is 0 Å². The van der Waals surface area contributed by atoms with Gasteiger partial charge < -0.3 is 24.8 Å². The van der Waals surface area contributed by atoms with E-state index in [2.05, 4.69) is 104 Å². The Bertz CT molecular complexity index is 967. The monoisotopic (exact) mass is 543 g/mol. The zero-order valence-corrected chi connectivity index (χ0v) is 24.6. The van der Waals surface area contributed by atoms with E-state index >= 15 is 0 Å². The van der Waals surface area contributed by atoms with Gasteiger partial charge in [-0.15, -0.1) is 6.42 Å². The fourth-order valence-electron chi connectivity index (χ4n) is 4.80. The van der Waals surface area contributed by atoms with Crippen molar-refractivity contribution in [2.75, 3.05) is 0 Å². The summed E-state index contributed by atoms with van der Waals surface area (Å²) in [6.45, 7) is 18.5. The topological polar surface area (TPSA) is 0 Å². The van der Waals surface area contributed by atoms with Gasteiger partial charge in [-0.1, -0.05) is 97.7 Å². The van der Waals surface area contributed by atoms with Crippen LogP contribution in [0.1, 0.15) is 90.0 Å². The Kier molecular flexibility index (Phi) is 9.50. The van der Waals surface area contributed by atoms with Gasteiger partial charge in [-0.25, -0.2) is 5.57 Å². The van der Waals surface area contributed by atoms with Crippen LogP contribution in [0.25, 0.3) is 11.1 Å². The predicted molar refractivity (Wildman–Crippen MR) is 125 cm³/mol. The third-order valence-corrected chi connectivity index (χ3v) is 6.58. The smallest absolute Gasteiger partial charge is 1.00 e. The molecule has 2 aliphatic carbocycles. The average molecular weight is 546 g/mol. The molecule has 0 aliphatic heterocycles. The van der Waals surface area contributed by atoms with Gasteiger partial charge in [0.1, 0.15) is 0 Å². The summed E-state index contributed by atoms with van der Waals surface area (Å²) < 4.78 is 0. The van der Waals surface area contributed by atoms with Crippen LogP contribution in [0.15, 0.2) is 53.6 Å². The summed E-state index contributed by atoms with van der Waals surface area (Å²) in [6, 6.07) is 14.3. The molecule has 1 radical (unpaired) electrons. The van der Waals surface area contributed by atoms with Gasteiger partial charge in [-0.2, -0.15) is 11.6 Å². The summed E-state index contributed by atoms with van der Waals surface area (Å²) >= 11 is 0. The Morgan fingerprint density at radius 1 is 0.781 bits per heavy atom. The van der Waals surface area contributed by atoms with Gasteiger partial charge >= 0.3 is 26.2 Å². The Hall–Kier alpha value is -0.617. The van der Waals surface area contributed by atoms with Gasteiger partial charge in [0, 0.05) is 5.92 Å². The molecular formula is C29H35Cl2Zr. The summed E-state index contributed by atoms with van der Waals surface area (Å²) in [5.74, 6) is 0.838. The second-order valence-electron chi connectivity index (χ2n) is 11.1. The van der Waals surface area contributed by atoms with Crippen molar-refractivity contribution in [1.29, 1.82) is 0 Å². The van der Waals surface area contributed by atoms with Crippen molar-refractivity contribution in [2.45, 2.75) is 78.6 Å². The van der Waals surface area contributed by atoms with Crippen molar-refractivity contribution >= 4 is 0 Å². The maximum Gasteiger partial charge on any atom is 3.00 e. The normalized spacial score (nSPS) is 15.2. The van der Waals surface area contributed by atoms with Crippen LogP contribution in [-0.2, 0) is 37.0 Å². The number of rotatable bonds is 2. The molecule has 4 rings (SSSR count). The number of allylic oxidation sites excluding steroid dienone is 4. The number of benzene rings is 2. The third kappa shape index (κ3) is 5.21. The summed E-state index contributed by atoms with van der Waals surface area (Å²) in [5, 5.41) is 0. The molecule has 2 aromatic carbocycles. The molecule has 0 atom stereocenters. The first kappa shape index (κ1) is 29.4. The molecule has 169 valence electrons. The minimum Gasteiger partial charge on any atom is -1.00 e. The van der Waals surface area contributed by atoms with Gasteiger partial charge in [0.15, 0.2) is 0 Å². The summed E-state index contributed by atoms with van der Waals surface area (Å²) in [6.07, 6.45) is 7.09. The van der Waals surface area contributed by atoms with Crippen LogP contribution >= 0.6 is 0 Å². The molecule has 32 heavy (non-hydrogen) atoms. The SMILES string of the molecule is CC(C)C1=CC[C-]=C1C1c2cc(C(C)(C)C)ccc2-c2ccc(C(C)(C)C)cc21.[Cl-].[Cl-].[Zr+3]. The number of fused-ring (bicyclic) bond motifs is 3. The van der Waals surface area contributed by atoms with Gasteiger partial charge in [-0.3, -0.25) is 6.08 Å². The number of hydrogen-bond acceptors (Lipinski definition) is 0. The zero-order chi connectivity index (χ0) is 21.1. The van der Waals surface area contributed by atoms with E-state index < -0.39 is 0 Å². The average Bonchev–Trinajstić information content (AvgIpc) is 3.21. The standard InChI is InChI=1S/C29H35.2ClH.Zr/c1-18(2)21-10-9-11-24(21)27-25-16-19(28(3,4)5)12-14-22(25)23-15-13-20(17-26(23)27)29(6,7)8;;;/h10,12-18,27H,9H2,1-8H3;2*1H;/q-1;;;+3/p-2. The summed E-state index contributed by atoms with van der Waals surface area (Å²) in [7, 11) is 0. The fourth-order valence-corrected chi connectivity index (χ4v) is 4.80. The van der Waals surface area contributed by atoms with Gasteiger partial charge in [0.25, 0.3) is 0 Å². The first-order chi connectivity index (χ1) is 13.5. The minimum atomic E-state index is 0. The van der Waals surface area contributed by atoms with Gasteiger partial charge in [0.05, 0.1) is 0 Å². The predicted octanol–water partition coefficient (Wildman–Crippen LogP) is 2.12. The van der Waals surface area contributed by atoms with Crippen molar-refractivity contribution < 1.29 is 51.0 Å². The van der Waals surface area contributed by atoms with E-state index in [0.29, 0.717) is 11.8 Å². The second kappa shape index (κ2) is 10.3. The van der Waals surface area contributed by atoms with E-state index in [1.807, 2.05) is 0 Å². The molecule has 3 heteroatoms. The van der Waals surface area contributed by atoms with E-state index in [0.717, 1.165) is 6.42 Å². The fraction of sp³-hybridized carbons (Fsp3) is 0.448. The largest absolute Gasteiger partial charge is 3.00 e. The maximum atomic E-state index is 3.75. The van der Waals surface area contributed by atoms with Crippen LogP contribution in [0.3, 0.4) is 0 Å². The van der Waals surface area contributed by atoms with E-state index in [1.54, 1.807) is 0 Å². The van der Waals surface area contributed by atoms with Gasteiger partial charge in [0.2, 0.25) is 0 Å². The van der Waals surface area contributed by atoms with Crippen LogP contribution in [-0.4, -0.2) is 0 Å². The molecule has 0 saturated carbocycles. The first-order valence-electron chi connectivity index (χ1n) is 11.1. The molecule has 0 amide bonds. The molecule has 0 nitrogen and oxygen atoms in total. The van der Waals surface area contributed by atoms with E-state index in [9.17, 15) is 0 Å². The van der Waals surface area contributed by atoms with Crippen molar-refractivity contribution in [3.8, 4) is 11.1 Å². The molecule has 0 unspecified atom stereocenters. The number of hydrogen-bond donors (Lipinski definition) is 0. The van der Waals surface area contributed by atoms with Gasteiger partial charge in [-0.05, 0) is 44.2 Å². The Morgan fingerprint density at radius 3 is 1.59 bits per heavy atom. The molecule has 0 saturated heterocycles. The molecule has 0 heterocycles. The second-order valence-corrected chi connectivity index (χ2v) is 11.1. The molecule has 2 aromatic rings. The van der Waals surface area contributed by atoms with Crippen LogP contribution < -0.4 is 24.8 Å². The minimum absolute atomic E-state index is 0. The molecule has 2 aliphatic rings. The summed E-state index contributed by atoms with van der Waals surface area (Å²) in [5.41, 5.74) is 11.8.